The number of aromatic nitrogens is 1. The van der Waals surface area contributed by atoms with E-state index in [1.165, 1.54) is 0 Å². The molecule has 1 aliphatic rings. The molecule has 1 aliphatic carbocycles. The highest BCUT2D eigenvalue weighted by atomic mass is 32.2. The van der Waals surface area contributed by atoms with Crippen molar-refractivity contribution < 1.29 is 17.9 Å². The van der Waals surface area contributed by atoms with Crippen molar-refractivity contribution in [2.75, 3.05) is 6.61 Å². The molecule has 0 radical (unpaired) electrons. The highest BCUT2D eigenvalue weighted by molar-refractivity contribution is 7.89. The summed E-state index contributed by atoms with van der Waals surface area (Å²) in [6.07, 6.45) is 4.88. The highest BCUT2D eigenvalue weighted by Crippen LogP contribution is 2.27. The predicted molar refractivity (Wildman–Crippen MR) is 104 cm³/mol. The summed E-state index contributed by atoms with van der Waals surface area (Å²) in [5.41, 5.74) is 1.09. The summed E-state index contributed by atoms with van der Waals surface area (Å²) in [4.78, 5) is 4.46. The first kappa shape index (κ1) is 19.6. The van der Waals surface area contributed by atoms with Crippen LogP contribution >= 0.6 is 0 Å². The van der Waals surface area contributed by atoms with Gasteiger partial charge in [0.25, 0.3) is 0 Å². The smallest absolute Gasteiger partial charge is 0.244 e. The van der Waals surface area contributed by atoms with E-state index in [9.17, 15) is 8.42 Å². The molecule has 146 valence electrons. The van der Waals surface area contributed by atoms with E-state index >= 15 is 0 Å². The van der Waals surface area contributed by atoms with Gasteiger partial charge in [-0.1, -0.05) is 18.2 Å². The number of hydrogen-bond donors (Lipinski definition) is 1. The van der Waals surface area contributed by atoms with E-state index in [-0.39, 0.29) is 17.0 Å². The zero-order valence-corrected chi connectivity index (χ0v) is 16.5. The molecular formula is C20H26N2O4S. The molecule has 0 amide bonds. The molecule has 27 heavy (non-hydrogen) atoms. The largest absolute Gasteiger partial charge is 0.492 e. The van der Waals surface area contributed by atoms with Gasteiger partial charge in [-0.2, -0.15) is 0 Å². The van der Waals surface area contributed by atoms with Crippen LogP contribution in [0.1, 0.15) is 38.2 Å². The molecular weight excluding hydrogens is 364 g/mol. The molecule has 2 aromatic rings. The fraction of sp³-hybridized carbons (Fsp3) is 0.450. The van der Waals surface area contributed by atoms with Gasteiger partial charge in [0, 0.05) is 18.3 Å². The maximum atomic E-state index is 12.8. The number of nitrogens with one attached hydrogen (secondary N) is 1. The molecule has 0 aliphatic heterocycles. The SMILES string of the molecule is CCOc1ccccc1S(=O)(=O)NC1CCC(Oc2ccc(C)cn2)CC1. The molecule has 1 heterocycles. The predicted octanol–water partition coefficient (Wildman–Crippen LogP) is 3.46. The van der Waals surface area contributed by atoms with Gasteiger partial charge in [-0.05, 0) is 57.2 Å². The first-order chi connectivity index (χ1) is 13.0. The lowest BCUT2D eigenvalue weighted by molar-refractivity contribution is 0.138. The maximum absolute atomic E-state index is 12.8. The summed E-state index contributed by atoms with van der Waals surface area (Å²) >= 11 is 0. The van der Waals surface area contributed by atoms with Crippen LogP contribution in [0.3, 0.4) is 0 Å². The van der Waals surface area contributed by atoms with Gasteiger partial charge in [0.05, 0.1) is 6.61 Å². The van der Waals surface area contributed by atoms with Crippen LogP contribution < -0.4 is 14.2 Å². The Morgan fingerprint density at radius 3 is 2.52 bits per heavy atom. The summed E-state index contributed by atoms with van der Waals surface area (Å²) in [5.74, 6) is 1.00. The fourth-order valence-electron chi connectivity index (χ4n) is 3.22. The number of hydrogen-bond acceptors (Lipinski definition) is 5. The molecule has 0 bridgehead atoms. The van der Waals surface area contributed by atoms with Gasteiger partial charge in [0.15, 0.2) is 0 Å². The second-order valence-electron chi connectivity index (χ2n) is 6.77. The minimum Gasteiger partial charge on any atom is -0.492 e. The second-order valence-corrected chi connectivity index (χ2v) is 8.45. The monoisotopic (exact) mass is 390 g/mol. The van der Waals surface area contributed by atoms with Crippen LogP contribution in [0.5, 0.6) is 11.6 Å². The first-order valence-electron chi connectivity index (χ1n) is 9.31. The number of pyridine rings is 1. The molecule has 1 aromatic carbocycles. The van der Waals surface area contributed by atoms with Crippen LogP contribution in [0.25, 0.3) is 0 Å². The molecule has 1 N–H and O–H groups in total. The molecule has 3 rings (SSSR count). The molecule has 1 aromatic heterocycles. The van der Waals surface area contributed by atoms with Crippen molar-refractivity contribution in [3.05, 3.63) is 48.2 Å². The minimum atomic E-state index is -3.62. The third-order valence-corrected chi connectivity index (χ3v) is 6.17. The Balaban J connectivity index is 1.57. The highest BCUT2D eigenvalue weighted by Gasteiger charge is 2.28. The van der Waals surface area contributed by atoms with Crippen LogP contribution in [0, 0.1) is 6.92 Å². The Hall–Kier alpha value is -2.12. The number of nitrogens with zero attached hydrogens (tertiary/aromatic N) is 1. The van der Waals surface area contributed by atoms with Gasteiger partial charge in [-0.25, -0.2) is 18.1 Å². The summed E-state index contributed by atoms with van der Waals surface area (Å²) in [5, 5.41) is 0. The van der Waals surface area contributed by atoms with E-state index in [2.05, 4.69) is 9.71 Å². The Morgan fingerprint density at radius 2 is 1.85 bits per heavy atom. The minimum absolute atomic E-state index is 0.0664. The van der Waals surface area contributed by atoms with E-state index in [4.69, 9.17) is 9.47 Å². The molecule has 1 saturated carbocycles. The molecule has 0 saturated heterocycles. The van der Waals surface area contributed by atoms with Crippen molar-refractivity contribution in [3.8, 4) is 11.6 Å². The normalized spacial score (nSPS) is 20.2. The average molecular weight is 391 g/mol. The fourth-order valence-corrected chi connectivity index (χ4v) is 4.67. The zero-order valence-electron chi connectivity index (χ0n) is 15.7. The van der Waals surface area contributed by atoms with Crippen molar-refractivity contribution in [1.29, 1.82) is 0 Å². The number of sulfonamides is 1. The second kappa shape index (κ2) is 8.71. The standard InChI is InChI=1S/C20H26N2O4S/c1-3-25-18-6-4-5-7-19(18)27(23,24)22-16-9-11-17(12-10-16)26-20-13-8-15(2)14-21-20/h4-8,13-14,16-17,22H,3,9-12H2,1-2H3. The molecule has 7 heteroatoms. The van der Waals surface area contributed by atoms with Crippen molar-refractivity contribution >= 4 is 10.0 Å². The van der Waals surface area contributed by atoms with Crippen LogP contribution in [0.15, 0.2) is 47.5 Å². The number of ether oxygens (including phenoxy) is 2. The maximum Gasteiger partial charge on any atom is 0.244 e. The quantitative estimate of drug-likeness (QED) is 0.783. The Bertz CT molecular complexity index is 845. The third kappa shape index (κ3) is 5.20. The molecule has 0 atom stereocenters. The summed E-state index contributed by atoms with van der Waals surface area (Å²) < 4.78 is 39.7. The van der Waals surface area contributed by atoms with Crippen LogP contribution in [0.2, 0.25) is 0 Å². The van der Waals surface area contributed by atoms with E-state index < -0.39 is 10.0 Å². The number of rotatable bonds is 7. The zero-order chi connectivity index (χ0) is 19.3. The number of para-hydroxylation sites is 1. The first-order valence-corrected chi connectivity index (χ1v) is 10.8. The van der Waals surface area contributed by atoms with E-state index in [0.717, 1.165) is 31.2 Å². The van der Waals surface area contributed by atoms with Gasteiger partial charge < -0.3 is 9.47 Å². The summed E-state index contributed by atoms with van der Waals surface area (Å²) in [7, 11) is -3.62. The molecule has 1 fully saturated rings. The van der Waals surface area contributed by atoms with Crippen LogP contribution in [-0.2, 0) is 10.0 Å². The van der Waals surface area contributed by atoms with Gasteiger partial charge in [-0.3, -0.25) is 0 Å². The van der Waals surface area contributed by atoms with Crippen molar-refractivity contribution in [1.82, 2.24) is 9.71 Å². The van der Waals surface area contributed by atoms with E-state index in [1.54, 1.807) is 30.5 Å². The lowest BCUT2D eigenvalue weighted by Crippen LogP contribution is -2.39. The summed E-state index contributed by atoms with van der Waals surface area (Å²) in [6, 6.07) is 10.5. The number of aryl methyl sites for hydroxylation is 1. The lowest BCUT2D eigenvalue weighted by Gasteiger charge is -2.29. The van der Waals surface area contributed by atoms with E-state index in [1.807, 2.05) is 26.0 Å². The Kier molecular flexibility index (Phi) is 6.34. The lowest BCUT2D eigenvalue weighted by atomic mass is 9.94. The molecule has 0 spiro atoms. The Labute approximate surface area is 161 Å². The van der Waals surface area contributed by atoms with Crippen LogP contribution in [-0.4, -0.2) is 32.2 Å². The number of benzene rings is 1. The van der Waals surface area contributed by atoms with Crippen molar-refractivity contribution in [2.45, 2.75) is 56.6 Å². The average Bonchev–Trinajstić information content (AvgIpc) is 2.66. The van der Waals surface area contributed by atoms with Crippen molar-refractivity contribution in [2.24, 2.45) is 0 Å². The van der Waals surface area contributed by atoms with Crippen LogP contribution in [0.4, 0.5) is 0 Å². The third-order valence-electron chi connectivity index (χ3n) is 4.61. The molecule has 0 unspecified atom stereocenters. The van der Waals surface area contributed by atoms with Gasteiger partial charge >= 0.3 is 0 Å². The van der Waals surface area contributed by atoms with E-state index in [0.29, 0.717) is 18.2 Å². The van der Waals surface area contributed by atoms with Gasteiger partial charge in [0.1, 0.15) is 16.7 Å². The topological polar surface area (TPSA) is 77.5 Å². The Morgan fingerprint density at radius 1 is 1.11 bits per heavy atom. The van der Waals surface area contributed by atoms with Gasteiger partial charge in [-0.15, -0.1) is 0 Å². The van der Waals surface area contributed by atoms with Gasteiger partial charge in [0.2, 0.25) is 15.9 Å². The summed E-state index contributed by atoms with van der Waals surface area (Å²) in [6.45, 7) is 4.24. The molecule has 6 nitrogen and oxygen atoms in total. The van der Waals surface area contributed by atoms with Crippen molar-refractivity contribution in [3.63, 3.8) is 0 Å².